The molecule has 72 valence electrons. The van der Waals surface area contributed by atoms with Crippen LogP contribution in [0.15, 0.2) is 29.4 Å². The van der Waals surface area contributed by atoms with Gasteiger partial charge in [-0.25, -0.2) is 0 Å². The monoisotopic (exact) mass is 208 g/mol. The van der Waals surface area contributed by atoms with Crippen molar-refractivity contribution in [2.24, 2.45) is 5.16 Å². The molecule has 1 N–H and O–H groups in total. The van der Waals surface area contributed by atoms with Crippen LogP contribution in [0.1, 0.15) is 17.0 Å². The van der Waals surface area contributed by atoms with Crippen molar-refractivity contribution in [3.05, 3.63) is 35.4 Å². The number of hydrogen-bond acceptors (Lipinski definition) is 3. The van der Waals surface area contributed by atoms with Crippen LogP contribution in [0.4, 0.5) is 0 Å². The number of benzene rings is 1. The lowest BCUT2D eigenvalue weighted by molar-refractivity contribution is 0.319. The molecule has 0 saturated heterocycles. The molecule has 1 unspecified atom stereocenters. The fourth-order valence-electron chi connectivity index (χ4n) is 1.08. The average Bonchev–Trinajstić information content (AvgIpc) is 2.21. The minimum atomic E-state index is -0.692. The first-order valence-electron chi connectivity index (χ1n) is 4.02. The van der Waals surface area contributed by atoms with Gasteiger partial charge in [-0.05, 0) is 12.5 Å². The molecule has 0 aliphatic carbocycles. The minimum Gasteiger partial charge on any atom is -0.410 e. The third-order valence-electron chi connectivity index (χ3n) is 1.87. The van der Waals surface area contributed by atoms with Crippen LogP contribution in [0, 0.1) is 18.3 Å². The summed E-state index contributed by atoms with van der Waals surface area (Å²) in [6.45, 7) is 1.95. The van der Waals surface area contributed by atoms with Crippen molar-refractivity contribution in [1.82, 2.24) is 0 Å². The molecule has 0 aliphatic heterocycles. The van der Waals surface area contributed by atoms with Gasteiger partial charge in [0.15, 0.2) is 5.17 Å². The van der Waals surface area contributed by atoms with Crippen molar-refractivity contribution in [3.8, 4) is 6.07 Å². The lowest BCUT2D eigenvalue weighted by Crippen LogP contribution is -2.04. The van der Waals surface area contributed by atoms with E-state index in [0.717, 1.165) is 11.1 Å². The quantitative estimate of drug-likeness (QED) is 0.462. The Kier molecular flexibility index (Phi) is 3.49. The Hall–Kier alpha value is -1.53. The molecule has 0 saturated carbocycles. The van der Waals surface area contributed by atoms with E-state index in [4.69, 9.17) is 22.1 Å². The number of nitriles is 1. The largest absolute Gasteiger partial charge is 0.410 e. The van der Waals surface area contributed by atoms with Crippen molar-refractivity contribution in [1.29, 1.82) is 5.26 Å². The summed E-state index contributed by atoms with van der Waals surface area (Å²) in [6, 6.07) is 9.30. The molecule has 0 amide bonds. The van der Waals surface area contributed by atoms with E-state index < -0.39 is 5.92 Å². The molecule has 0 heterocycles. The van der Waals surface area contributed by atoms with Crippen molar-refractivity contribution in [2.45, 2.75) is 12.8 Å². The minimum absolute atomic E-state index is 0.114. The predicted molar refractivity (Wildman–Crippen MR) is 54.6 cm³/mol. The van der Waals surface area contributed by atoms with Gasteiger partial charge in [0.25, 0.3) is 0 Å². The molecule has 0 radical (unpaired) electrons. The van der Waals surface area contributed by atoms with Gasteiger partial charge in [0.05, 0.1) is 6.07 Å². The maximum atomic E-state index is 8.82. The van der Waals surface area contributed by atoms with Gasteiger partial charge in [-0.3, -0.25) is 0 Å². The first kappa shape index (κ1) is 10.6. The molecular weight excluding hydrogens is 200 g/mol. The van der Waals surface area contributed by atoms with Gasteiger partial charge in [-0.1, -0.05) is 46.6 Å². The Morgan fingerprint density at radius 2 is 2.07 bits per heavy atom. The Morgan fingerprint density at radius 3 is 2.50 bits per heavy atom. The van der Waals surface area contributed by atoms with Crippen LogP contribution in [0.3, 0.4) is 0 Å². The number of halogens is 1. The van der Waals surface area contributed by atoms with Crippen LogP contribution in [0.25, 0.3) is 0 Å². The normalized spacial score (nSPS) is 13.4. The van der Waals surface area contributed by atoms with Crippen LogP contribution in [-0.2, 0) is 0 Å². The van der Waals surface area contributed by atoms with E-state index in [0.29, 0.717) is 0 Å². The maximum absolute atomic E-state index is 8.82. The lowest BCUT2D eigenvalue weighted by atomic mass is 10.0. The highest BCUT2D eigenvalue weighted by molar-refractivity contribution is 6.66. The summed E-state index contributed by atoms with van der Waals surface area (Å²) in [5, 5.41) is 20.0. The summed E-state index contributed by atoms with van der Waals surface area (Å²) in [5.74, 6) is -0.692. The van der Waals surface area contributed by atoms with Gasteiger partial charge < -0.3 is 5.21 Å². The van der Waals surface area contributed by atoms with Gasteiger partial charge in [0, 0.05) is 0 Å². The number of rotatable bonds is 2. The van der Waals surface area contributed by atoms with Crippen molar-refractivity contribution < 1.29 is 5.21 Å². The van der Waals surface area contributed by atoms with E-state index in [1.807, 2.05) is 25.1 Å². The highest BCUT2D eigenvalue weighted by Gasteiger charge is 2.16. The molecular formula is C10H9ClN2O. The average molecular weight is 209 g/mol. The second-order valence-electron chi connectivity index (χ2n) is 2.90. The Bertz CT molecular complexity index is 378. The van der Waals surface area contributed by atoms with Gasteiger partial charge in [0.1, 0.15) is 5.92 Å². The Morgan fingerprint density at radius 1 is 1.50 bits per heavy atom. The van der Waals surface area contributed by atoms with Crippen LogP contribution in [0.5, 0.6) is 0 Å². The molecule has 1 aromatic carbocycles. The van der Waals surface area contributed by atoms with E-state index in [9.17, 15) is 0 Å². The van der Waals surface area contributed by atoms with Crippen LogP contribution >= 0.6 is 11.6 Å². The van der Waals surface area contributed by atoms with E-state index in [1.54, 1.807) is 12.1 Å². The van der Waals surface area contributed by atoms with Gasteiger partial charge in [-0.2, -0.15) is 5.26 Å². The second kappa shape index (κ2) is 4.64. The van der Waals surface area contributed by atoms with Crippen LogP contribution < -0.4 is 0 Å². The number of oxime groups is 1. The van der Waals surface area contributed by atoms with Crippen LogP contribution in [-0.4, -0.2) is 10.4 Å². The fraction of sp³-hybridized carbons (Fsp3) is 0.200. The van der Waals surface area contributed by atoms with E-state index in [2.05, 4.69) is 5.16 Å². The summed E-state index contributed by atoms with van der Waals surface area (Å²) < 4.78 is 0. The van der Waals surface area contributed by atoms with Crippen molar-refractivity contribution in [2.75, 3.05) is 0 Å². The summed E-state index contributed by atoms with van der Waals surface area (Å²) in [4.78, 5) is 0. The highest BCUT2D eigenvalue weighted by atomic mass is 35.5. The van der Waals surface area contributed by atoms with Crippen LogP contribution in [0.2, 0.25) is 0 Å². The third-order valence-corrected chi connectivity index (χ3v) is 2.17. The number of nitrogens with zero attached hydrogens (tertiary/aromatic N) is 2. The molecule has 0 aromatic heterocycles. The summed E-state index contributed by atoms with van der Waals surface area (Å²) in [6.07, 6.45) is 0. The highest BCUT2D eigenvalue weighted by Crippen LogP contribution is 2.19. The van der Waals surface area contributed by atoms with Gasteiger partial charge in [-0.15, -0.1) is 0 Å². The summed E-state index contributed by atoms with van der Waals surface area (Å²) in [7, 11) is 0. The number of aryl methyl sites for hydroxylation is 1. The molecule has 3 nitrogen and oxygen atoms in total. The van der Waals surface area contributed by atoms with Gasteiger partial charge in [0.2, 0.25) is 0 Å². The van der Waals surface area contributed by atoms with E-state index in [-0.39, 0.29) is 5.17 Å². The summed E-state index contributed by atoms with van der Waals surface area (Å²) in [5.41, 5.74) is 1.82. The van der Waals surface area contributed by atoms with Crippen molar-refractivity contribution >= 4 is 16.8 Å². The molecule has 14 heavy (non-hydrogen) atoms. The first-order chi connectivity index (χ1) is 6.69. The zero-order valence-electron chi connectivity index (χ0n) is 7.61. The third kappa shape index (κ3) is 2.24. The standard InChI is InChI=1S/C10H9ClN2O/c1-7-2-4-8(5-3-7)9(6-12)10(11)13-14/h2-5,9,14H,1H3/b13-10-. The topological polar surface area (TPSA) is 56.4 Å². The molecule has 0 bridgehead atoms. The first-order valence-corrected chi connectivity index (χ1v) is 4.40. The Labute approximate surface area is 87.2 Å². The van der Waals surface area contributed by atoms with E-state index >= 15 is 0 Å². The molecule has 0 spiro atoms. The molecule has 1 aromatic rings. The van der Waals surface area contributed by atoms with Gasteiger partial charge >= 0.3 is 0 Å². The fourth-order valence-corrected chi connectivity index (χ4v) is 1.26. The SMILES string of the molecule is Cc1ccc(C(C#N)/C(Cl)=N/O)cc1. The van der Waals surface area contributed by atoms with E-state index in [1.165, 1.54) is 0 Å². The van der Waals surface area contributed by atoms with Crippen molar-refractivity contribution in [3.63, 3.8) is 0 Å². The summed E-state index contributed by atoms with van der Waals surface area (Å²) >= 11 is 5.58. The molecule has 1 atom stereocenters. The molecule has 1 rings (SSSR count). The number of hydrogen-bond donors (Lipinski definition) is 1. The smallest absolute Gasteiger partial charge is 0.166 e. The zero-order chi connectivity index (χ0) is 10.6. The maximum Gasteiger partial charge on any atom is 0.166 e. The lowest BCUT2D eigenvalue weighted by Gasteiger charge is -2.05. The molecule has 0 fully saturated rings. The Balaban J connectivity index is 3.03. The molecule has 0 aliphatic rings. The molecule has 4 heteroatoms. The predicted octanol–water partition coefficient (Wildman–Crippen LogP) is 2.63. The zero-order valence-corrected chi connectivity index (χ0v) is 8.36. The second-order valence-corrected chi connectivity index (χ2v) is 3.28.